The molecule has 0 radical (unpaired) electrons. The third-order valence-corrected chi connectivity index (χ3v) is 2.78. The summed E-state index contributed by atoms with van der Waals surface area (Å²) in [6.07, 6.45) is 3.27. The molecule has 2 aromatic rings. The van der Waals surface area contributed by atoms with Gasteiger partial charge in [0.2, 0.25) is 0 Å². The Labute approximate surface area is 111 Å². The summed E-state index contributed by atoms with van der Waals surface area (Å²) in [4.78, 5) is 3.98. The van der Waals surface area contributed by atoms with Gasteiger partial charge in [0, 0.05) is 21.8 Å². The molecule has 0 saturated carbocycles. The second-order valence-corrected chi connectivity index (χ2v) is 4.77. The van der Waals surface area contributed by atoms with Gasteiger partial charge in [0.15, 0.2) is 0 Å². The molecule has 5 heteroatoms. The fraction of sp³-hybridized carbons (Fsp3) is 0. The highest BCUT2D eigenvalue weighted by Gasteiger charge is 2.04. The maximum Gasteiger partial charge on any atom is 0.147 e. The maximum absolute atomic E-state index is 5.97. The molecule has 2 rings (SSSR count). The van der Waals surface area contributed by atoms with Crippen molar-refractivity contribution in [3.63, 3.8) is 0 Å². The lowest BCUT2D eigenvalue weighted by molar-refractivity contribution is 0.480. The Morgan fingerprint density at radius 2 is 1.94 bits per heavy atom. The second-order valence-electron chi connectivity index (χ2n) is 3.02. The Morgan fingerprint density at radius 3 is 2.69 bits per heavy atom. The van der Waals surface area contributed by atoms with Crippen LogP contribution in [0.5, 0.6) is 11.5 Å². The van der Waals surface area contributed by atoms with E-state index in [1.807, 2.05) is 0 Å². The lowest BCUT2D eigenvalue weighted by Gasteiger charge is -2.07. The highest BCUT2D eigenvalue weighted by atomic mass is 79.9. The van der Waals surface area contributed by atoms with Gasteiger partial charge < -0.3 is 4.74 Å². The Kier molecular flexibility index (Phi) is 3.69. The molecule has 1 aromatic heterocycles. The van der Waals surface area contributed by atoms with Gasteiger partial charge in [-0.25, -0.2) is 0 Å². The predicted molar refractivity (Wildman–Crippen MR) is 68.5 cm³/mol. The SMILES string of the molecule is Clc1ccc(Cl)c(Oc2cncc(Br)c2)c1. The first kappa shape index (κ1) is 11.7. The van der Waals surface area contributed by atoms with E-state index in [0.717, 1.165) is 4.47 Å². The number of hydrogen-bond acceptors (Lipinski definition) is 2. The minimum absolute atomic E-state index is 0.504. The van der Waals surface area contributed by atoms with Crippen molar-refractivity contribution in [3.05, 3.63) is 51.2 Å². The van der Waals surface area contributed by atoms with Crippen molar-refractivity contribution in [1.82, 2.24) is 4.98 Å². The number of ether oxygens (including phenoxy) is 1. The summed E-state index contributed by atoms with van der Waals surface area (Å²) in [5.74, 6) is 1.10. The van der Waals surface area contributed by atoms with Crippen molar-refractivity contribution in [2.45, 2.75) is 0 Å². The van der Waals surface area contributed by atoms with Crippen LogP contribution in [0, 0.1) is 0 Å². The first-order valence-electron chi connectivity index (χ1n) is 4.38. The number of benzene rings is 1. The molecule has 0 N–H and O–H groups in total. The number of pyridine rings is 1. The summed E-state index contributed by atoms with van der Waals surface area (Å²) >= 11 is 15.1. The molecular weight excluding hydrogens is 313 g/mol. The van der Waals surface area contributed by atoms with Crippen LogP contribution in [0.1, 0.15) is 0 Å². The molecule has 0 amide bonds. The molecule has 0 aliphatic carbocycles. The van der Waals surface area contributed by atoms with Gasteiger partial charge >= 0.3 is 0 Å². The fourth-order valence-electron chi connectivity index (χ4n) is 1.13. The fourth-order valence-corrected chi connectivity index (χ4v) is 1.79. The molecule has 0 aliphatic heterocycles. The number of halogens is 3. The summed E-state index contributed by atoms with van der Waals surface area (Å²) in [7, 11) is 0. The molecular formula is C11H6BrCl2NO. The molecule has 0 spiro atoms. The van der Waals surface area contributed by atoms with Crippen LogP contribution >= 0.6 is 39.1 Å². The quantitative estimate of drug-likeness (QED) is 0.782. The Morgan fingerprint density at radius 1 is 1.12 bits per heavy atom. The number of hydrogen-bond donors (Lipinski definition) is 0. The lowest BCUT2D eigenvalue weighted by Crippen LogP contribution is -1.86. The number of rotatable bonds is 2. The van der Waals surface area contributed by atoms with E-state index in [0.29, 0.717) is 21.5 Å². The van der Waals surface area contributed by atoms with Crippen LogP contribution < -0.4 is 4.74 Å². The Balaban J connectivity index is 2.30. The van der Waals surface area contributed by atoms with Gasteiger partial charge in [0.1, 0.15) is 11.5 Å². The predicted octanol–water partition coefficient (Wildman–Crippen LogP) is 4.94. The zero-order chi connectivity index (χ0) is 11.5. The molecule has 16 heavy (non-hydrogen) atoms. The maximum atomic E-state index is 5.97. The molecule has 0 aliphatic rings. The summed E-state index contributed by atoms with van der Waals surface area (Å²) < 4.78 is 6.40. The van der Waals surface area contributed by atoms with Crippen molar-refractivity contribution < 1.29 is 4.74 Å². The topological polar surface area (TPSA) is 22.1 Å². The van der Waals surface area contributed by atoms with E-state index in [1.54, 1.807) is 36.7 Å². The van der Waals surface area contributed by atoms with Gasteiger partial charge in [0.05, 0.1) is 11.2 Å². The van der Waals surface area contributed by atoms with Gasteiger partial charge in [-0.3, -0.25) is 4.98 Å². The van der Waals surface area contributed by atoms with E-state index >= 15 is 0 Å². The summed E-state index contributed by atoms with van der Waals surface area (Å²) in [5.41, 5.74) is 0. The normalized spacial score (nSPS) is 10.2. The average Bonchev–Trinajstić information content (AvgIpc) is 2.24. The molecule has 82 valence electrons. The molecule has 0 atom stereocenters. The van der Waals surface area contributed by atoms with E-state index in [-0.39, 0.29) is 0 Å². The van der Waals surface area contributed by atoms with Crippen LogP contribution in [-0.2, 0) is 0 Å². The van der Waals surface area contributed by atoms with Crippen LogP contribution in [0.25, 0.3) is 0 Å². The molecule has 0 unspecified atom stereocenters. The molecule has 0 bridgehead atoms. The highest BCUT2D eigenvalue weighted by molar-refractivity contribution is 9.10. The van der Waals surface area contributed by atoms with E-state index in [2.05, 4.69) is 20.9 Å². The second kappa shape index (κ2) is 5.04. The Hall–Kier alpha value is -0.770. The van der Waals surface area contributed by atoms with Gasteiger partial charge in [-0.15, -0.1) is 0 Å². The third kappa shape index (κ3) is 2.88. The van der Waals surface area contributed by atoms with Crippen molar-refractivity contribution in [1.29, 1.82) is 0 Å². The number of nitrogens with zero attached hydrogens (tertiary/aromatic N) is 1. The van der Waals surface area contributed by atoms with E-state index in [1.165, 1.54) is 0 Å². The molecule has 2 nitrogen and oxygen atoms in total. The minimum atomic E-state index is 0.504. The van der Waals surface area contributed by atoms with Gasteiger partial charge in [-0.05, 0) is 34.1 Å². The standard InChI is InChI=1S/C11H6BrCl2NO/c12-7-3-9(6-15-5-7)16-11-4-8(13)1-2-10(11)14/h1-6H. The minimum Gasteiger partial charge on any atom is -0.454 e. The zero-order valence-corrected chi connectivity index (χ0v) is 11.1. The van der Waals surface area contributed by atoms with Crippen molar-refractivity contribution in [3.8, 4) is 11.5 Å². The zero-order valence-electron chi connectivity index (χ0n) is 7.95. The van der Waals surface area contributed by atoms with Crippen LogP contribution in [0.4, 0.5) is 0 Å². The van der Waals surface area contributed by atoms with Gasteiger partial charge in [-0.2, -0.15) is 0 Å². The van der Waals surface area contributed by atoms with Crippen LogP contribution in [-0.4, -0.2) is 4.98 Å². The van der Waals surface area contributed by atoms with Crippen molar-refractivity contribution in [2.75, 3.05) is 0 Å². The molecule has 1 heterocycles. The van der Waals surface area contributed by atoms with Crippen LogP contribution in [0.15, 0.2) is 41.1 Å². The highest BCUT2D eigenvalue weighted by Crippen LogP contribution is 2.32. The molecule has 1 aromatic carbocycles. The summed E-state index contributed by atoms with van der Waals surface area (Å²) in [6.45, 7) is 0. The smallest absolute Gasteiger partial charge is 0.147 e. The van der Waals surface area contributed by atoms with Gasteiger partial charge in [0.25, 0.3) is 0 Å². The molecule has 0 saturated heterocycles. The first-order chi connectivity index (χ1) is 7.65. The largest absolute Gasteiger partial charge is 0.454 e. The van der Waals surface area contributed by atoms with E-state index < -0.39 is 0 Å². The van der Waals surface area contributed by atoms with Crippen LogP contribution in [0.3, 0.4) is 0 Å². The monoisotopic (exact) mass is 317 g/mol. The lowest BCUT2D eigenvalue weighted by atomic mass is 10.3. The summed E-state index contributed by atoms with van der Waals surface area (Å²) in [5, 5.41) is 1.08. The first-order valence-corrected chi connectivity index (χ1v) is 5.93. The van der Waals surface area contributed by atoms with E-state index in [4.69, 9.17) is 27.9 Å². The average molecular weight is 319 g/mol. The summed E-state index contributed by atoms with van der Waals surface area (Å²) in [6, 6.07) is 6.84. The van der Waals surface area contributed by atoms with E-state index in [9.17, 15) is 0 Å². The number of aromatic nitrogens is 1. The van der Waals surface area contributed by atoms with Crippen molar-refractivity contribution >= 4 is 39.1 Å². The van der Waals surface area contributed by atoms with Gasteiger partial charge in [-0.1, -0.05) is 23.2 Å². The third-order valence-electron chi connectivity index (χ3n) is 1.80. The Bertz CT molecular complexity index is 519. The molecule has 0 fully saturated rings. The van der Waals surface area contributed by atoms with Crippen LogP contribution in [0.2, 0.25) is 10.0 Å². The van der Waals surface area contributed by atoms with Crippen molar-refractivity contribution in [2.24, 2.45) is 0 Å².